The molecule has 38 heavy (non-hydrogen) atoms. The summed E-state index contributed by atoms with van der Waals surface area (Å²) in [6.45, 7) is 7.15. The van der Waals surface area contributed by atoms with Gasteiger partial charge in [-0.1, -0.05) is 63.2 Å². The summed E-state index contributed by atoms with van der Waals surface area (Å²) in [5, 5.41) is 0. The highest BCUT2D eigenvalue weighted by molar-refractivity contribution is 5.48. The molecule has 4 aromatic rings. The van der Waals surface area contributed by atoms with Gasteiger partial charge in [0.2, 0.25) is 0 Å². The zero-order chi connectivity index (χ0) is 26.8. The summed E-state index contributed by atoms with van der Waals surface area (Å²) < 4.78 is 12.3. The molecule has 0 radical (unpaired) electrons. The van der Waals surface area contributed by atoms with E-state index in [4.69, 9.17) is 20.9 Å². The molecule has 4 aromatic carbocycles. The zero-order valence-corrected chi connectivity index (χ0v) is 22.6. The quantitative estimate of drug-likeness (QED) is 0.246. The maximum absolute atomic E-state index is 6.33. The molecule has 0 bridgehead atoms. The van der Waals surface area contributed by atoms with E-state index >= 15 is 0 Å². The summed E-state index contributed by atoms with van der Waals surface area (Å²) in [5.41, 5.74) is 16.0. The van der Waals surface area contributed by atoms with E-state index in [0.717, 1.165) is 48.7 Å². The monoisotopic (exact) mass is 506 g/mol. The summed E-state index contributed by atoms with van der Waals surface area (Å²) in [5.74, 6) is 3.87. The smallest absolute Gasteiger partial charge is 0.131 e. The number of ether oxygens (including phenoxy) is 2. The highest BCUT2D eigenvalue weighted by Crippen LogP contribution is 2.50. The Kier molecular flexibility index (Phi) is 7.07. The average Bonchev–Trinajstić information content (AvgIpc) is 2.90. The van der Waals surface area contributed by atoms with Crippen LogP contribution in [-0.2, 0) is 10.8 Å². The highest BCUT2D eigenvalue weighted by Gasteiger charge is 2.40. The molecule has 4 heteroatoms. The van der Waals surface area contributed by atoms with Crippen molar-refractivity contribution in [2.24, 2.45) is 5.92 Å². The molecule has 0 unspecified atom stereocenters. The Bertz CT molecular complexity index is 1390. The molecular weight excluding hydrogens is 468 g/mol. The van der Waals surface area contributed by atoms with Crippen LogP contribution in [0.3, 0.4) is 0 Å². The van der Waals surface area contributed by atoms with Gasteiger partial charge in [-0.25, -0.2) is 0 Å². The van der Waals surface area contributed by atoms with Gasteiger partial charge in [-0.3, -0.25) is 0 Å². The third kappa shape index (κ3) is 5.50. The number of rotatable bonds is 7. The lowest BCUT2D eigenvalue weighted by molar-refractivity contribution is 0.176. The maximum atomic E-state index is 6.33. The predicted molar refractivity (Wildman–Crippen MR) is 157 cm³/mol. The first-order valence-electron chi connectivity index (χ1n) is 13.5. The first-order valence-corrected chi connectivity index (χ1v) is 13.5. The molecule has 1 saturated carbocycles. The third-order valence-corrected chi connectivity index (χ3v) is 8.43. The summed E-state index contributed by atoms with van der Waals surface area (Å²) in [7, 11) is 0. The Morgan fingerprint density at radius 2 is 1.26 bits per heavy atom. The van der Waals surface area contributed by atoms with Gasteiger partial charge in [0, 0.05) is 29.1 Å². The molecular formula is C34H38N2O2. The summed E-state index contributed by atoms with van der Waals surface area (Å²) >= 11 is 0. The second kappa shape index (κ2) is 10.4. The molecule has 1 fully saturated rings. The van der Waals surface area contributed by atoms with E-state index in [1.54, 1.807) is 0 Å². The Morgan fingerprint density at radius 1 is 0.684 bits per heavy atom. The van der Waals surface area contributed by atoms with E-state index in [2.05, 4.69) is 63.2 Å². The van der Waals surface area contributed by atoms with Crippen LogP contribution in [-0.4, -0.2) is 0 Å². The molecule has 4 nitrogen and oxygen atoms in total. The number of hydrogen-bond acceptors (Lipinski definition) is 4. The van der Waals surface area contributed by atoms with E-state index in [1.165, 1.54) is 11.1 Å². The van der Waals surface area contributed by atoms with Gasteiger partial charge in [-0.05, 0) is 90.5 Å². The van der Waals surface area contributed by atoms with Gasteiger partial charge in [-0.15, -0.1) is 0 Å². The van der Waals surface area contributed by atoms with Crippen molar-refractivity contribution in [3.8, 4) is 23.0 Å². The number of nitrogen functional groups attached to an aromatic ring is 2. The van der Waals surface area contributed by atoms with Crippen LogP contribution >= 0.6 is 0 Å². The van der Waals surface area contributed by atoms with E-state index in [0.29, 0.717) is 17.3 Å². The molecule has 0 spiro atoms. The normalized spacial score (nSPS) is 19.6. The molecule has 0 aromatic heterocycles. The Balaban J connectivity index is 1.27. The van der Waals surface area contributed by atoms with E-state index in [1.807, 2.05) is 54.6 Å². The van der Waals surface area contributed by atoms with E-state index < -0.39 is 0 Å². The zero-order valence-electron chi connectivity index (χ0n) is 22.6. The Labute approximate surface area is 226 Å². The number of para-hydroxylation sites is 1. The molecule has 4 N–H and O–H groups in total. The van der Waals surface area contributed by atoms with Crippen LogP contribution in [0.25, 0.3) is 0 Å². The van der Waals surface area contributed by atoms with Gasteiger partial charge in [0.15, 0.2) is 0 Å². The lowest BCUT2D eigenvalue weighted by Gasteiger charge is -2.44. The fourth-order valence-electron chi connectivity index (χ4n) is 5.91. The molecule has 1 aliphatic rings. The van der Waals surface area contributed by atoms with Crippen LogP contribution in [0.4, 0.5) is 11.4 Å². The minimum absolute atomic E-state index is 0.0641. The van der Waals surface area contributed by atoms with Crippen molar-refractivity contribution in [1.82, 2.24) is 0 Å². The Morgan fingerprint density at radius 3 is 1.87 bits per heavy atom. The van der Waals surface area contributed by atoms with Crippen molar-refractivity contribution in [2.75, 3.05) is 11.5 Å². The van der Waals surface area contributed by atoms with Crippen LogP contribution in [0.15, 0.2) is 97.1 Å². The molecule has 0 saturated heterocycles. The van der Waals surface area contributed by atoms with Gasteiger partial charge in [0.1, 0.15) is 23.0 Å². The molecule has 196 valence electrons. The first-order chi connectivity index (χ1) is 18.2. The van der Waals surface area contributed by atoms with Crippen molar-refractivity contribution in [1.29, 1.82) is 0 Å². The molecule has 0 atom stereocenters. The number of benzene rings is 4. The average molecular weight is 507 g/mol. The SMILES string of the molecule is CC1(c2ccccc2Oc2cccc(N)c2)CCC(C(C)(C)c2ccc(Oc3cccc(N)c3)cc2)CC1. The van der Waals surface area contributed by atoms with Crippen LogP contribution in [0, 0.1) is 5.92 Å². The number of hydrogen-bond donors (Lipinski definition) is 2. The van der Waals surface area contributed by atoms with Crippen molar-refractivity contribution >= 4 is 11.4 Å². The highest BCUT2D eigenvalue weighted by atomic mass is 16.5. The maximum Gasteiger partial charge on any atom is 0.131 e. The lowest BCUT2D eigenvalue weighted by atomic mass is 9.60. The van der Waals surface area contributed by atoms with E-state index in [9.17, 15) is 0 Å². The van der Waals surface area contributed by atoms with Crippen LogP contribution in [0.2, 0.25) is 0 Å². The second-order valence-corrected chi connectivity index (χ2v) is 11.4. The minimum atomic E-state index is 0.0641. The topological polar surface area (TPSA) is 70.5 Å². The minimum Gasteiger partial charge on any atom is -0.457 e. The van der Waals surface area contributed by atoms with Crippen molar-refractivity contribution in [3.63, 3.8) is 0 Å². The molecule has 5 rings (SSSR count). The molecule has 1 aliphatic carbocycles. The van der Waals surface area contributed by atoms with Gasteiger partial charge in [0.25, 0.3) is 0 Å². The van der Waals surface area contributed by atoms with Gasteiger partial charge in [0.05, 0.1) is 0 Å². The first kappa shape index (κ1) is 25.7. The van der Waals surface area contributed by atoms with Gasteiger partial charge in [-0.2, -0.15) is 0 Å². The van der Waals surface area contributed by atoms with E-state index in [-0.39, 0.29) is 10.8 Å². The lowest BCUT2D eigenvalue weighted by Crippen LogP contribution is -2.37. The summed E-state index contributed by atoms with van der Waals surface area (Å²) in [4.78, 5) is 0. The largest absolute Gasteiger partial charge is 0.457 e. The molecule has 0 heterocycles. The summed E-state index contributed by atoms with van der Waals surface area (Å²) in [6, 6.07) is 32.2. The van der Waals surface area contributed by atoms with Crippen LogP contribution in [0.5, 0.6) is 23.0 Å². The molecule has 0 amide bonds. The number of nitrogens with two attached hydrogens (primary N) is 2. The number of anilines is 2. The molecule has 0 aliphatic heterocycles. The fraction of sp³-hybridized carbons (Fsp3) is 0.294. The van der Waals surface area contributed by atoms with Crippen molar-refractivity contribution in [3.05, 3.63) is 108 Å². The Hall–Kier alpha value is -3.92. The van der Waals surface area contributed by atoms with Crippen LogP contribution < -0.4 is 20.9 Å². The summed E-state index contributed by atoms with van der Waals surface area (Å²) in [6.07, 6.45) is 4.57. The van der Waals surface area contributed by atoms with Crippen molar-refractivity contribution < 1.29 is 9.47 Å². The second-order valence-electron chi connectivity index (χ2n) is 11.4. The standard InChI is InChI=1S/C34H38N2O2/c1-33(2,24-14-16-28(17-15-24)37-29-10-6-8-26(35)22-29)25-18-20-34(3,21-19-25)31-12-4-5-13-32(31)38-30-11-7-9-27(36)23-30/h4-17,22-23,25H,18-21,35-36H2,1-3H3. The fourth-order valence-corrected chi connectivity index (χ4v) is 5.91. The third-order valence-electron chi connectivity index (χ3n) is 8.43. The van der Waals surface area contributed by atoms with Crippen molar-refractivity contribution in [2.45, 2.75) is 57.3 Å². The van der Waals surface area contributed by atoms with Gasteiger partial charge >= 0.3 is 0 Å². The van der Waals surface area contributed by atoms with Gasteiger partial charge < -0.3 is 20.9 Å². The van der Waals surface area contributed by atoms with Crippen LogP contribution in [0.1, 0.15) is 57.6 Å². The predicted octanol–water partition coefficient (Wildman–Crippen LogP) is 8.86.